The number of carbonyl (C=O) groups excluding carboxylic acids is 4. The standard InChI is InChI=1S/C12H12ClF3N2O2.C12H12ClF3N2O.C12H10ClF3N2O.C11H8ClF3N2O2/c1-6-10(19)17-9-4-3-7(13)5-8(9)11(2,18(6)20)12(14,15)16;2*1-6-10(19)17-9-4-3-7(13)5-8(9)11(2,18-6)12(14,15)16;1-5-10(18)16-8-3-2-6(12)4-7(8)9(17(5)19)11(13,14)15/h3-6,20H,1-2H3,(H,17,19);3-6,18H,1-2H3,(H,17,19);3-5H,1-2H3,(H,17,19);2-5,19H,1H3/t2*6-,11?;;5-/m11.1/s1. The smallest absolute Gasteiger partial charge is 0.324 e. The maximum atomic E-state index is 13.5. The van der Waals surface area contributed by atoms with E-state index >= 15 is 0 Å². The van der Waals surface area contributed by atoms with E-state index in [9.17, 15) is 82.3 Å². The average molecular weight is 1180 g/mol. The lowest BCUT2D eigenvalue weighted by atomic mass is 9.89. The van der Waals surface area contributed by atoms with Gasteiger partial charge in [0.25, 0.3) is 11.8 Å². The van der Waals surface area contributed by atoms with E-state index in [4.69, 9.17) is 46.4 Å². The molecule has 8 rings (SSSR count). The number of anilines is 3. The molecule has 3 unspecified atom stereocenters. The molecule has 0 aromatic heterocycles. The first-order valence-electron chi connectivity index (χ1n) is 21.9. The van der Waals surface area contributed by atoms with Gasteiger partial charge in [0.2, 0.25) is 11.8 Å². The number of nitrogens with one attached hydrogen (secondary N) is 4. The summed E-state index contributed by atoms with van der Waals surface area (Å²) in [6.45, 7) is 7.67. The van der Waals surface area contributed by atoms with Crippen LogP contribution in [0.5, 0.6) is 0 Å². The minimum absolute atomic E-state index is 0.0183. The molecule has 14 nitrogen and oxygen atoms in total. The fourth-order valence-corrected chi connectivity index (χ4v) is 8.56. The van der Waals surface area contributed by atoms with Gasteiger partial charge in [-0.1, -0.05) is 46.4 Å². The molecule has 4 aromatic rings. The van der Waals surface area contributed by atoms with Gasteiger partial charge in [-0.2, -0.15) is 57.7 Å². The van der Waals surface area contributed by atoms with Gasteiger partial charge in [0.15, 0.2) is 16.8 Å². The van der Waals surface area contributed by atoms with Gasteiger partial charge in [0.05, 0.1) is 17.1 Å². The van der Waals surface area contributed by atoms with Crippen molar-refractivity contribution in [2.45, 2.75) is 108 Å². The second-order valence-electron chi connectivity index (χ2n) is 17.8. The zero-order valence-electron chi connectivity index (χ0n) is 40.5. The topological polar surface area (TPSA) is 188 Å². The molecule has 4 heterocycles. The van der Waals surface area contributed by atoms with Crippen molar-refractivity contribution in [2.24, 2.45) is 9.98 Å². The van der Waals surface area contributed by atoms with Crippen molar-refractivity contribution in [2.75, 3.05) is 16.0 Å². The van der Waals surface area contributed by atoms with Gasteiger partial charge >= 0.3 is 24.7 Å². The van der Waals surface area contributed by atoms with E-state index in [1.807, 2.05) is 0 Å². The minimum atomic E-state index is -4.84. The summed E-state index contributed by atoms with van der Waals surface area (Å²) in [5, 5.41) is 28.9. The minimum Gasteiger partial charge on any atom is -0.324 e. The molecule has 6 N–H and O–H groups in total. The third-order valence-electron chi connectivity index (χ3n) is 12.5. The molecular formula is C47H42Cl4F12N8O6. The zero-order chi connectivity index (χ0) is 58.5. The van der Waals surface area contributed by atoms with E-state index < -0.39 is 94.0 Å². The van der Waals surface area contributed by atoms with Crippen LogP contribution in [0.1, 0.15) is 65.2 Å². The van der Waals surface area contributed by atoms with Crippen molar-refractivity contribution in [1.82, 2.24) is 15.4 Å². The summed E-state index contributed by atoms with van der Waals surface area (Å²) in [5.41, 5.74) is -9.59. The van der Waals surface area contributed by atoms with Crippen LogP contribution < -0.4 is 31.8 Å². The predicted molar refractivity (Wildman–Crippen MR) is 259 cm³/mol. The van der Waals surface area contributed by atoms with Gasteiger partial charge in [-0.15, -0.1) is 0 Å². The summed E-state index contributed by atoms with van der Waals surface area (Å²) >= 11 is 22.9. The molecule has 0 aliphatic carbocycles. The molecule has 4 aliphatic rings. The number of rotatable bonds is 0. The Balaban J connectivity index is 0.000000189. The van der Waals surface area contributed by atoms with Crippen LogP contribution in [0, 0.1) is 0 Å². The highest BCUT2D eigenvalue weighted by atomic mass is 35.5. The molecule has 0 fully saturated rings. The van der Waals surface area contributed by atoms with Crippen molar-refractivity contribution >= 4 is 98.5 Å². The van der Waals surface area contributed by atoms with E-state index in [2.05, 4.69) is 31.3 Å². The van der Waals surface area contributed by atoms with Crippen LogP contribution >= 0.6 is 46.4 Å². The first kappa shape index (κ1) is 62.1. The molecule has 77 heavy (non-hydrogen) atoms. The third kappa shape index (κ3) is 12.6. The van der Waals surface area contributed by atoms with E-state index in [-0.39, 0.29) is 75.0 Å². The molecule has 0 radical (unpaired) electrons. The summed E-state index contributed by atoms with van der Waals surface area (Å²) in [6.07, 6.45) is -18.8. The molecule has 0 saturated carbocycles. The summed E-state index contributed by atoms with van der Waals surface area (Å²) in [6, 6.07) is 11.5. The maximum absolute atomic E-state index is 13.5. The average Bonchev–Trinajstić information content (AvgIpc) is 3.56. The first-order valence-corrected chi connectivity index (χ1v) is 23.4. The molecule has 0 spiro atoms. The highest BCUT2D eigenvalue weighted by Crippen LogP contribution is 2.50. The summed E-state index contributed by atoms with van der Waals surface area (Å²) < 4.78 is 160. The molecule has 0 saturated heterocycles. The predicted octanol–water partition coefficient (Wildman–Crippen LogP) is 11.0. The van der Waals surface area contributed by atoms with Crippen LogP contribution in [0.3, 0.4) is 0 Å². The number of carbonyl (C=O) groups is 4. The summed E-state index contributed by atoms with van der Waals surface area (Å²) in [5.74, 6) is -2.78. The number of amides is 4. The van der Waals surface area contributed by atoms with Gasteiger partial charge in [0.1, 0.15) is 17.6 Å². The molecule has 4 amide bonds. The second-order valence-corrected chi connectivity index (χ2v) is 19.6. The number of hydroxylamine groups is 4. The van der Waals surface area contributed by atoms with Crippen molar-refractivity contribution in [1.29, 1.82) is 0 Å². The molecule has 418 valence electrons. The number of halogens is 16. The Labute approximate surface area is 448 Å². The molecule has 6 atom stereocenters. The lowest BCUT2D eigenvalue weighted by Crippen LogP contribution is -2.56. The van der Waals surface area contributed by atoms with Crippen LogP contribution in [0.4, 0.5) is 69.7 Å². The Morgan fingerprint density at radius 2 is 1.04 bits per heavy atom. The molecule has 30 heteroatoms. The lowest BCUT2D eigenvalue weighted by molar-refractivity contribution is -0.310. The normalized spacial score (nSPS) is 24.6. The molecular weight excluding hydrogens is 1140 g/mol. The summed E-state index contributed by atoms with van der Waals surface area (Å²) in [7, 11) is 0. The van der Waals surface area contributed by atoms with E-state index in [1.165, 1.54) is 81.4 Å². The Morgan fingerprint density at radius 1 is 0.584 bits per heavy atom. The number of hydrogen-bond acceptors (Lipinski definition) is 10. The van der Waals surface area contributed by atoms with Gasteiger partial charge in [-0.25, -0.2) is 10.1 Å². The fraction of sp³-hybridized carbons (Fsp3) is 0.362. The summed E-state index contributed by atoms with van der Waals surface area (Å²) in [4.78, 5) is 53.8. The fourth-order valence-electron chi connectivity index (χ4n) is 7.88. The molecule has 4 aliphatic heterocycles. The number of alkyl halides is 12. The van der Waals surface area contributed by atoms with Gasteiger partial charge in [-0.3, -0.25) is 34.7 Å². The third-order valence-corrected chi connectivity index (χ3v) is 13.4. The van der Waals surface area contributed by atoms with Crippen LogP contribution in [0.2, 0.25) is 20.1 Å². The van der Waals surface area contributed by atoms with E-state index in [0.717, 1.165) is 39.8 Å². The zero-order valence-corrected chi connectivity index (χ0v) is 43.5. The highest BCUT2D eigenvalue weighted by Gasteiger charge is 2.61. The van der Waals surface area contributed by atoms with Gasteiger partial charge in [-0.05, 0) is 121 Å². The highest BCUT2D eigenvalue weighted by molar-refractivity contribution is 6.42. The Morgan fingerprint density at radius 3 is 1.53 bits per heavy atom. The second kappa shape index (κ2) is 22.2. The number of fused-ring (bicyclic) bond motifs is 4. The van der Waals surface area contributed by atoms with E-state index in [1.54, 1.807) is 0 Å². The number of nitrogens with zero attached hydrogens (tertiary/aromatic N) is 4. The lowest BCUT2D eigenvalue weighted by Gasteiger charge is -2.39. The largest absolute Gasteiger partial charge is 0.434 e. The van der Waals surface area contributed by atoms with Crippen molar-refractivity contribution in [3.8, 4) is 0 Å². The monoisotopic (exact) mass is 1180 g/mol. The molecule has 0 bridgehead atoms. The quantitative estimate of drug-likeness (QED) is 0.0932. The van der Waals surface area contributed by atoms with Crippen LogP contribution in [-0.4, -0.2) is 92.7 Å². The number of aliphatic imine (C=N–C) groups is 1. The van der Waals surface area contributed by atoms with Gasteiger partial charge in [0, 0.05) is 59.1 Å². The molecule has 4 aromatic carbocycles. The van der Waals surface area contributed by atoms with Gasteiger partial charge < -0.3 is 21.2 Å². The number of benzene rings is 4. The van der Waals surface area contributed by atoms with Crippen LogP contribution in [0.25, 0.3) is 5.70 Å². The Bertz CT molecular complexity index is 3160. The van der Waals surface area contributed by atoms with Crippen molar-refractivity contribution < 1.29 is 82.3 Å². The Kier molecular flexibility index (Phi) is 17.9. The van der Waals surface area contributed by atoms with E-state index in [0.29, 0.717) is 0 Å². The van der Waals surface area contributed by atoms with Crippen molar-refractivity contribution in [3.05, 3.63) is 120 Å². The first-order chi connectivity index (χ1) is 35.1. The van der Waals surface area contributed by atoms with Crippen molar-refractivity contribution in [3.63, 3.8) is 0 Å². The number of hydrogen-bond donors (Lipinski definition) is 6. The Hall–Kier alpha value is -5.74. The maximum Gasteiger partial charge on any atom is 0.434 e. The van der Waals surface area contributed by atoms with Crippen LogP contribution in [-0.2, 0) is 35.8 Å². The SMILES string of the molecule is CC1=NC(C)(C(F)(F)F)c2cc(Cl)ccc2NC1=O.C[C@@H]1C(=O)N=c2ccc(Cl)cc2=C(C(F)(F)F)N1O.C[C@@H]1C(=O)Nc2ccc(Cl)cc2C(C)(C(F)(F)F)N1O.C[C@H]1NC(C)(C(F)(F)F)c2cc(Cl)ccc2NC1=O. The van der Waals surface area contributed by atoms with Crippen LogP contribution in [0.15, 0.2) is 82.8 Å².